The number of rotatable bonds is 4. The molecule has 5 heteroatoms. The second-order valence-corrected chi connectivity index (χ2v) is 5.57. The van der Waals surface area contributed by atoms with Crippen molar-refractivity contribution in [2.45, 2.75) is 62.7 Å². The Kier molecular flexibility index (Phi) is 4.45. The van der Waals surface area contributed by atoms with Gasteiger partial charge in [-0.3, -0.25) is 0 Å². The fourth-order valence-corrected chi connectivity index (χ4v) is 2.77. The number of ether oxygens (including phenoxy) is 1. The van der Waals surface area contributed by atoms with Crippen LogP contribution in [0.2, 0.25) is 0 Å². The predicted molar refractivity (Wildman–Crippen MR) is 68.4 cm³/mol. The summed E-state index contributed by atoms with van der Waals surface area (Å²) >= 11 is 0. The highest BCUT2D eigenvalue weighted by molar-refractivity contribution is 5.74. The van der Waals surface area contributed by atoms with Crippen LogP contribution >= 0.6 is 0 Å². The van der Waals surface area contributed by atoms with Gasteiger partial charge in [-0.15, -0.1) is 0 Å². The lowest BCUT2D eigenvalue weighted by molar-refractivity contribution is -0.0293. The molecule has 2 amide bonds. The molecule has 18 heavy (non-hydrogen) atoms. The average Bonchev–Trinajstić information content (AvgIpc) is 2.35. The van der Waals surface area contributed by atoms with E-state index in [4.69, 9.17) is 4.74 Å². The molecule has 5 nitrogen and oxygen atoms in total. The molecule has 2 rings (SSSR count). The molecule has 3 N–H and O–H groups in total. The maximum Gasteiger partial charge on any atom is 0.315 e. The number of carbonyl (C=O) groups excluding carboxylic acids is 1. The Hall–Kier alpha value is -0.810. The summed E-state index contributed by atoms with van der Waals surface area (Å²) in [5, 5.41) is 15.6. The highest BCUT2D eigenvalue weighted by Gasteiger charge is 2.35. The molecule has 0 aromatic heterocycles. The summed E-state index contributed by atoms with van der Waals surface area (Å²) < 4.78 is 5.39. The summed E-state index contributed by atoms with van der Waals surface area (Å²) in [6.45, 7) is 0.350. The monoisotopic (exact) mass is 256 g/mol. The molecular formula is C13H24N2O3. The van der Waals surface area contributed by atoms with E-state index in [9.17, 15) is 9.90 Å². The molecule has 0 aromatic rings. The summed E-state index contributed by atoms with van der Waals surface area (Å²) in [5.41, 5.74) is -0.662. The molecule has 2 fully saturated rings. The number of methoxy groups -OCH3 is 1. The lowest BCUT2D eigenvalue weighted by atomic mass is 9.80. The van der Waals surface area contributed by atoms with Crippen molar-refractivity contribution in [1.29, 1.82) is 0 Å². The van der Waals surface area contributed by atoms with E-state index >= 15 is 0 Å². The van der Waals surface area contributed by atoms with E-state index in [2.05, 4.69) is 10.6 Å². The van der Waals surface area contributed by atoms with E-state index < -0.39 is 5.60 Å². The molecule has 2 unspecified atom stereocenters. The lowest BCUT2D eigenvalue weighted by Gasteiger charge is -2.37. The van der Waals surface area contributed by atoms with E-state index in [1.54, 1.807) is 7.11 Å². The van der Waals surface area contributed by atoms with Crippen LogP contribution in [0.3, 0.4) is 0 Å². The van der Waals surface area contributed by atoms with E-state index in [1.807, 2.05) is 0 Å². The zero-order chi connectivity index (χ0) is 13.0. The highest BCUT2D eigenvalue weighted by atomic mass is 16.5. The molecular weight excluding hydrogens is 232 g/mol. The molecule has 0 aromatic carbocycles. The van der Waals surface area contributed by atoms with Crippen LogP contribution < -0.4 is 10.6 Å². The third-order valence-corrected chi connectivity index (χ3v) is 4.18. The number of urea groups is 1. The van der Waals surface area contributed by atoms with Gasteiger partial charge in [0.25, 0.3) is 0 Å². The number of amides is 2. The summed E-state index contributed by atoms with van der Waals surface area (Å²) in [4.78, 5) is 11.8. The minimum Gasteiger partial charge on any atom is -0.388 e. The first-order valence-corrected chi connectivity index (χ1v) is 6.92. The summed E-state index contributed by atoms with van der Waals surface area (Å²) in [5.74, 6) is 0. The van der Waals surface area contributed by atoms with Crippen molar-refractivity contribution in [2.75, 3.05) is 13.7 Å². The average molecular weight is 256 g/mol. The third kappa shape index (κ3) is 3.36. The molecule has 0 bridgehead atoms. The van der Waals surface area contributed by atoms with Gasteiger partial charge < -0.3 is 20.5 Å². The summed E-state index contributed by atoms with van der Waals surface area (Å²) in [7, 11) is 1.69. The zero-order valence-electron chi connectivity index (χ0n) is 11.1. The van der Waals surface area contributed by atoms with Gasteiger partial charge >= 0.3 is 6.03 Å². The van der Waals surface area contributed by atoms with Crippen molar-refractivity contribution in [1.82, 2.24) is 10.6 Å². The van der Waals surface area contributed by atoms with Crippen molar-refractivity contribution >= 4 is 6.03 Å². The summed E-state index contributed by atoms with van der Waals surface area (Å²) in [6, 6.07) is -0.0935. The molecule has 2 aliphatic rings. The van der Waals surface area contributed by atoms with Crippen molar-refractivity contribution < 1.29 is 14.6 Å². The second kappa shape index (κ2) is 5.89. The van der Waals surface area contributed by atoms with Gasteiger partial charge in [-0.25, -0.2) is 4.79 Å². The van der Waals surface area contributed by atoms with E-state index in [1.165, 1.54) is 0 Å². The van der Waals surface area contributed by atoms with Crippen LogP contribution in [0.1, 0.15) is 44.9 Å². The molecule has 0 heterocycles. The normalized spacial score (nSPS) is 30.3. The van der Waals surface area contributed by atoms with Crippen molar-refractivity contribution in [2.24, 2.45) is 0 Å². The van der Waals surface area contributed by atoms with Gasteiger partial charge in [0.1, 0.15) is 0 Å². The third-order valence-electron chi connectivity index (χ3n) is 4.18. The van der Waals surface area contributed by atoms with Gasteiger partial charge in [0.2, 0.25) is 0 Å². The Labute approximate surface area is 108 Å². The Morgan fingerprint density at radius 2 is 2.06 bits per heavy atom. The maximum atomic E-state index is 11.8. The predicted octanol–water partition coefficient (Wildman–Crippen LogP) is 1.16. The fourth-order valence-electron chi connectivity index (χ4n) is 2.77. The largest absolute Gasteiger partial charge is 0.388 e. The number of hydrogen-bond acceptors (Lipinski definition) is 3. The van der Waals surface area contributed by atoms with Crippen LogP contribution in [0.4, 0.5) is 4.79 Å². The first kappa shape index (κ1) is 13.6. The molecule has 2 atom stereocenters. The summed E-state index contributed by atoms with van der Waals surface area (Å²) in [6.07, 6.45) is 7.02. The number of nitrogens with one attached hydrogen (secondary N) is 2. The van der Waals surface area contributed by atoms with E-state index in [0.29, 0.717) is 6.54 Å². The highest BCUT2D eigenvalue weighted by Crippen LogP contribution is 2.30. The van der Waals surface area contributed by atoms with Gasteiger partial charge in [0.15, 0.2) is 0 Å². The zero-order valence-corrected chi connectivity index (χ0v) is 11.1. The standard InChI is InChI=1S/C13H24N2O3/c1-18-11-6-3-2-5-10(11)15-12(16)14-9-13(17)7-4-8-13/h10-11,17H,2-9H2,1H3,(H2,14,15,16). The van der Waals surface area contributed by atoms with Crippen LogP contribution in [0.15, 0.2) is 0 Å². The minimum absolute atomic E-state index is 0.0970. The second-order valence-electron chi connectivity index (χ2n) is 5.57. The van der Waals surface area contributed by atoms with Gasteiger partial charge in [-0.05, 0) is 32.1 Å². The van der Waals surface area contributed by atoms with Gasteiger partial charge in [-0.1, -0.05) is 12.8 Å². The Morgan fingerprint density at radius 1 is 1.33 bits per heavy atom. The Balaban J connectivity index is 1.72. The van der Waals surface area contributed by atoms with Crippen molar-refractivity contribution in [3.63, 3.8) is 0 Å². The maximum absolute atomic E-state index is 11.8. The number of hydrogen-bond donors (Lipinski definition) is 3. The van der Waals surface area contributed by atoms with Gasteiger partial charge in [0, 0.05) is 13.7 Å². The van der Waals surface area contributed by atoms with Gasteiger partial charge in [0.05, 0.1) is 17.7 Å². The molecule has 2 saturated carbocycles. The molecule has 2 aliphatic carbocycles. The molecule has 0 saturated heterocycles. The molecule has 104 valence electrons. The SMILES string of the molecule is COC1CCCCC1NC(=O)NCC1(O)CCC1. The fraction of sp³-hybridized carbons (Fsp3) is 0.923. The molecule has 0 spiro atoms. The minimum atomic E-state index is -0.662. The Bertz CT molecular complexity index is 292. The number of aliphatic hydroxyl groups is 1. The smallest absolute Gasteiger partial charge is 0.315 e. The van der Waals surface area contributed by atoms with E-state index in [0.717, 1.165) is 44.9 Å². The lowest BCUT2D eigenvalue weighted by Crippen LogP contribution is -2.54. The van der Waals surface area contributed by atoms with Gasteiger partial charge in [-0.2, -0.15) is 0 Å². The van der Waals surface area contributed by atoms with Crippen LogP contribution in [-0.2, 0) is 4.74 Å². The molecule has 0 radical (unpaired) electrons. The van der Waals surface area contributed by atoms with Crippen LogP contribution in [-0.4, -0.2) is 42.5 Å². The quantitative estimate of drug-likeness (QED) is 0.707. The topological polar surface area (TPSA) is 70.6 Å². The van der Waals surface area contributed by atoms with Crippen molar-refractivity contribution in [3.05, 3.63) is 0 Å². The first-order chi connectivity index (χ1) is 8.63. The molecule has 0 aliphatic heterocycles. The first-order valence-electron chi connectivity index (χ1n) is 6.92. The Morgan fingerprint density at radius 3 is 2.67 bits per heavy atom. The van der Waals surface area contributed by atoms with Crippen molar-refractivity contribution in [3.8, 4) is 0 Å². The van der Waals surface area contributed by atoms with Crippen LogP contribution in [0.5, 0.6) is 0 Å². The van der Waals surface area contributed by atoms with Crippen LogP contribution in [0, 0.1) is 0 Å². The number of carbonyl (C=O) groups is 1. The van der Waals surface area contributed by atoms with Crippen LogP contribution in [0.25, 0.3) is 0 Å². The van der Waals surface area contributed by atoms with E-state index in [-0.39, 0.29) is 18.2 Å².